The van der Waals surface area contributed by atoms with Crippen molar-refractivity contribution in [2.75, 3.05) is 13.6 Å². The van der Waals surface area contributed by atoms with Crippen molar-refractivity contribution in [3.05, 3.63) is 0 Å². The van der Waals surface area contributed by atoms with E-state index in [1.54, 1.807) is 0 Å². The van der Waals surface area contributed by atoms with Gasteiger partial charge in [-0.25, -0.2) is 0 Å². The maximum absolute atomic E-state index is 11.9. The molecule has 0 aliphatic carbocycles. The zero-order chi connectivity index (χ0) is 9.78. The second kappa shape index (κ2) is 4.18. The molecule has 0 fully saturated rings. The smallest absolute Gasteiger partial charge is 0.370 e. The Kier molecular flexibility index (Phi) is 3.85. The number of alkyl halides is 3. The molecule has 72 valence electrons. The molecule has 0 spiro atoms. The molecule has 1 unspecified atom stereocenters. The summed E-state index contributed by atoms with van der Waals surface area (Å²) in [6, 6.07) is 0. The fourth-order valence-electron chi connectivity index (χ4n) is 0.452. The predicted octanol–water partition coefficient (Wildman–Crippen LogP) is 0.719. The quantitative estimate of drug-likeness (QED) is 0.489. The van der Waals surface area contributed by atoms with Crippen LogP contribution < -0.4 is 11.1 Å². The molecule has 0 aromatic heterocycles. The van der Waals surface area contributed by atoms with Crippen LogP contribution in [0.25, 0.3) is 0 Å². The van der Waals surface area contributed by atoms with Crippen LogP contribution in [0, 0.1) is 5.92 Å². The average Bonchev–Trinajstić information content (AvgIpc) is 1.97. The standard InChI is InChI=1S/C6H12F3N3/c1-4(6(7,8)9)3-12-5(10)11-2/h4H,3H2,1-2H3,(H3,10,11,12). The van der Waals surface area contributed by atoms with Gasteiger partial charge in [-0.05, 0) is 0 Å². The Hall–Kier alpha value is -0.940. The van der Waals surface area contributed by atoms with Crippen LogP contribution in [-0.4, -0.2) is 25.7 Å². The average molecular weight is 183 g/mol. The summed E-state index contributed by atoms with van der Waals surface area (Å²) in [6.07, 6.45) is -4.18. The first-order valence-corrected chi connectivity index (χ1v) is 3.40. The normalized spacial score (nSPS) is 15.9. The summed E-state index contributed by atoms with van der Waals surface area (Å²) in [5.41, 5.74) is 5.14. The number of nitrogens with zero attached hydrogens (tertiary/aromatic N) is 1. The van der Waals surface area contributed by atoms with Crippen molar-refractivity contribution in [2.24, 2.45) is 16.6 Å². The first-order chi connectivity index (χ1) is 5.38. The molecule has 12 heavy (non-hydrogen) atoms. The van der Waals surface area contributed by atoms with Gasteiger partial charge in [0.25, 0.3) is 0 Å². The molecule has 0 aliphatic heterocycles. The van der Waals surface area contributed by atoms with Crippen LogP contribution in [0.4, 0.5) is 13.2 Å². The van der Waals surface area contributed by atoms with Gasteiger partial charge in [0.1, 0.15) is 0 Å². The fraction of sp³-hybridized carbons (Fsp3) is 0.833. The highest BCUT2D eigenvalue weighted by molar-refractivity contribution is 5.77. The molecule has 0 rings (SSSR count). The van der Waals surface area contributed by atoms with Crippen LogP contribution in [-0.2, 0) is 0 Å². The molecular weight excluding hydrogens is 171 g/mol. The Balaban J connectivity index is 3.80. The second-order valence-corrected chi connectivity index (χ2v) is 2.43. The van der Waals surface area contributed by atoms with Gasteiger partial charge in [-0.2, -0.15) is 13.2 Å². The van der Waals surface area contributed by atoms with Gasteiger partial charge in [0, 0.05) is 13.6 Å². The third-order valence-electron chi connectivity index (χ3n) is 1.39. The van der Waals surface area contributed by atoms with Crippen molar-refractivity contribution >= 4 is 5.96 Å². The highest BCUT2D eigenvalue weighted by Gasteiger charge is 2.35. The number of hydrogen-bond acceptors (Lipinski definition) is 1. The summed E-state index contributed by atoms with van der Waals surface area (Å²) < 4.78 is 35.6. The van der Waals surface area contributed by atoms with E-state index in [2.05, 4.69) is 10.3 Å². The first-order valence-electron chi connectivity index (χ1n) is 3.40. The van der Waals surface area contributed by atoms with Crippen LogP contribution >= 0.6 is 0 Å². The summed E-state index contributed by atoms with van der Waals surface area (Å²) in [5.74, 6) is -1.40. The number of nitrogens with two attached hydrogens (primary N) is 1. The zero-order valence-corrected chi connectivity index (χ0v) is 6.94. The number of guanidine groups is 1. The molecule has 0 saturated carbocycles. The minimum absolute atomic E-state index is 0.0195. The predicted molar refractivity (Wildman–Crippen MR) is 40.8 cm³/mol. The second-order valence-electron chi connectivity index (χ2n) is 2.43. The van der Waals surface area contributed by atoms with E-state index in [-0.39, 0.29) is 12.5 Å². The minimum atomic E-state index is -4.18. The molecule has 1 atom stereocenters. The number of nitrogens with one attached hydrogen (secondary N) is 1. The summed E-state index contributed by atoms with van der Waals surface area (Å²) in [7, 11) is 1.40. The van der Waals surface area contributed by atoms with Crippen molar-refractivity contribution in [3.63, 3.8) is 0 Å². The lowest BCUT2D eigenvalue weighted by Gasteiger charge is -2.15. The van der Waals surface area contributed by atoms with Crippen LogP contribution in [0.3, 0.4) is 0 Å². The summed E-state index contributed by atoms with van der Waals surface area (Å²) in [4.78, 5) is 3.46. The van der Waals surface area contributed by atoms with E-state index < -0.39 is 12.1 Å². The molecule has 0 aromatic carbocycles. The van der Waals surface area contributed by atoms with Crippen LogP contribution in [0.2, 0.25) is 0 Å². The topological polar surface area (TPSA) is 50.4 Å². The number of hydrogen-bond donors (Lipinski definition) is 2. The Morgan fingerprint density at radius 2 is 2.08 bits per heavy atom. The van der Waals surface area contributed by atoms with E-state index in [0.717, 1.165) is 6.92 Å². The monoisotopic (exact) mass is 183 g/mol. The molecule has 0 radical (unpaired) electrons. The molecule has 0 saturated heterocycles. The van der Waals surface area contributed by atoms with Gasteiger partial charge in [-0.3, -0.25) is 4.99 Å². The molecule has 6 heteroatoms. The summed E-state index contributed by atoms with van der Waals surface area (Å²) in [5, 5.41) is 2.35. The first kappa shape index (κ1) is 11.1. The molecule has 3 N–H and O–H groups in total. The lowest BCUT2D eigenvalue weighted by Crippen LogP contribution is -2.38. The maximum Gasteiger partial charge on any atom is 0.393 e. The van der Waals surface area contributed by atoms with Crippen LogP contribution in [0.5, 0.6) is 0 Å². The molecule has 0 aromatic rings. The molecule has 0 bridgehead atoms. The molecule has 0 amide bonds. The van der Waals surface area contributed by atoms with Gasteiger partial charge in [-0.1, -0.05) is 6.92 Å². The highest BCUT2D eigenvalue weighted by atomic mass is 19.4. The number of aliphatic imine (C=N–C) groups is 1. The Morgan fingerprint density at radius 1 is 1.58 bits per heavy atom. The zero-order valence-electron chi connectivity index (χ0n) is 6.94. The molecular formula is C6H12F3N3. The van der Waals surface area contributed by atoms with Gasteiger partial charge >= 0.3 is 6.18 Å². The van der Waals surface area contributed by atoms with E-state index in [1.807, 2.05) is 0 Å². The Labute approximate surface area is 68.8 Å². The molecule has 0 heterocycles. The van der Waals surface area contributed by atoms with Crippen molar-refractivity contribution in [3.8, 4) is 0 Å². The van der Waals surface area contributed by atoms with Crippen molar-refractivity contribution in [1.29, 1.82) is 0 Å². The Morgan fingerprint density at radius 3 is 2.42 bits per heavy atom. The van der Waals surface area contributed by atoms with Crippen molar-refractivity contribution in [2.45, 2.75) is 13.1 Å². The molecule has 3 nitrogen and oxygen atoms in total. The summed E-state index contributed by atoms with van der Waals surface area (Å²) >= 11 is 0. The lowest BCUT2D eigenvalue weighted by atomic mass is 10.2. The molecule has 0 aliphatic rings. The van der Waals surface area contributed by atoms with Gasteiger partial charge in [-0.15, -0.1) is 0 Å². The lowest BCUT2D eigenvalue weighted by molar-refractivity contribution is -0.167. The van der Waals surface area contributed by atoms with Crippen LogP contribution in [0.15, 0.2) is 4.99 Å². The fourth-order valence-corrected chi connectivity index (χ4v) is 0.452. The van der Waals surface area contributed by atoms with E-state index in [0.29, 0.717) is 0 Å². The van der Waals surface area contributed by atoms with E-state index >= 15 is 0 Å². The van der Waals surface area contributed by atoms with Gasteiger partial charge in [0.05, 0.1) is 5.92 Å². The maximum atomic E-state index is 11.9. The van der Waals surface area contributed by atoms with E-state index in [1.165, 1.54) is 7.05 Å². The number of halogens is 3. The van der Waals surface area contributed by atoms with Crippen molar-refractivity contribution in [1.82, 2.24) is 5.32 Å². The largest absolute Gasteiger partial charge is 0.393 e. The van der Waals surface area contributed by atoms with Gasteiger partial charge < -0.3 is 11.1 Å². The van der Waals surface area contributed by atoms with Gasteiger partial charge in [0.15, 0.2) is 5.96 Å². The third-order valence-corrected chi connectivity index (χ3v) is 1.39. The summed E-state index contributed by atoms with van der Waals surface area (Å²) in [6.45, 7) is 0.836. The van der Waals surface area contributed by atoms with Crippen LogP contribution in [0.1, 0.15) is 6.92 Å². The number of rotatable bonds is 2. The van der Waals surface area contributed by atoms with Gasteiger partial charge in [0.2, 0.25) is 0 Å². The highest BCUT2D eigenvalue weighted by Crippen LogP contribution is 2.24. The third kappa shape index (κ3) is 4.05. The van der Waals surface area contributed by atoms with E-state index in [9.17, 15) is 13.2 Å². The SMILES string of the molecule is CN=C(N)NCC(C)C(F)(F)F. The minimum Gasteiger partial charge on any atom is -0.370 e. The van der Waals surface area contributed by atoms with E-state index in [4.69, 9.17) is 5.73 Å². The van der Waals surface area contributed by atoms with Crippen molar-refractivity contribution < 1.29 is 13.2 Å². The Bertz CT molecular complexity index is 164.